The normalized spacial score (nSPS) is 11.1. The summed E-state index contributed by atoms with van der Waals surface area (Å²) in [5.41, 5.74) is 2.04. The first-order chi connectivity index (χ1) is 9.56. The zero-order valence-corrected chi connectivity index (χ0v) is 12.6. The molecule has 3 nitrogen and oxygen atoms in total. The van der Waals surface area contributed by atoms with E-state index in [1.165, 1.54) is 7.11 Å². The monoisotopic (exact) mass is 287 g/mol. The van der Waals surface area contributed by atoms with Gasteiger partial charge in [-0.05, 0) is 37.1 Å². The van der Waals surface area contributed by atoms with Crippen LogP contribution in [0.3, 0.4) is 0 Å². The van der Waals surface area contributed by atoms with Gasteiger partial charge in [0.2, 0.25) is 5.52 Å². The van der Waals surface area contributed by atoms with Crippen LogP contribution in [0.2, 0.25) is 0 Å². The van der Waals surface area contributed by atoms with Crippen LogP contribution in [0.5, 0.6) is 5.75 Å². The van der Waals surface area contributed by atoms with E-state index in [1.807, 2.05) is 19.9 Å². The van der Waals surface area contributed by atoms with Crippen molar-refractivity contribution in [1.29, 1.82) is 0 Å². The highest BCUT2D eigenvalue weighted by molar-refractivity contribution is 7.71. The van der Waals surface area contributed by atoms with Gasteiger partial charge >= 0.3 is 0 Å². The second-order valence-corrected chi connectivity index (χ2v) is 6.00. The third-order valence-electron chi connectivity index (χ3n) is 3.32. The van der Waals surface area contributed by atoms with Gasteiger partial charge in [-0.25, -0.2) is 0 Å². The van der Waals surface area contributed by atoms with Gasteiger partial charge in [0.25, 0.3) is 0 Å². The quantitative estimate of drug-likeness (QED) is 0.807. The van der Waals surface area contributed by atoms with Gasteiger partial charge in [-0.2, -0.15) is 0 Å². The number of rotatable bonds is 4. The van der Waals surface area contributed by atoms with E-state index in [2.05, 4.69) is 0 Å². The Labute approximate surface area is 119 Å². The molecular formula is C16H16O3P. The van der Waals surface area contributed by atoms with E-state index in [0.717, 1.165) is 11.1 Å². The summed E-state index contributed by atoms with van der Waals surface area (Å²) in [5.74, 6) is 0.479. The summed E-state index contributed by atoms with van der Waals surface area (Å²) in [7, 11) is -0.678. The highest BCUT2D eigenvalue weighted by Crippen LogP contribution is 2.32. The topological polar surface area (TPSA) is 43.4 Å². The van der Waals surface area contributed by atoms with E-state index in [1.54, 1.807) is 36.4 Å². The standard InChI is InChI=1S/C16H16O3P/c1-11-7-6-8-13(12(11)2)16(17)20(18)15-10-5-4-9-14(15)19-3/h4-10H,1-3H3. The first-order valence-corrected chi connectivity index (χ1v) is 7.53. The van der Waals surface area contributed by atoms with Gasteiger partial charge in [0.1, 0.15) is 5.75 Å². The molecule has 103 valence electrons. The molecule has 0 aliphatic carbocycles. The molecule has 0 heterocycles. The fourth-order valence-corrected chi connectivity index (χ4v) is 3.27. The highest BCUT2D eigenvalue weighted by Gasteiger charge is 2.22. The molecule has 0 spiro atoms. The smallest absolute Gasteiger partial charge is 0.246 e. The van der Waals surface area contributed by atoms with Crippen LogP contribution in [0.15, 0.2) is 42.5 Å². The summed E-state index contributed by atoms with van der Waals surface area (Å²) in [4.78, 5) is 12.4. The van der Waals surface area contributed by atoms with E-state index < -0.39 is 7.80 Å². The molecule has 20 heavy (non-hydrogen) atoms. The van der Waals surface area contributed by atoms with Crippen molar-refractivity contribution in [2.75, 3.05) is 7.11 Å². The van der Waals surface area contributed by atoms with Crippen LogP contribution in [-0.4, -0.2) is 12.6 Å². The molecule has 2 rings (SSSR count). The molecule has 0 amide bonds. The van der Waals surface area contributed by atoms with E-state index in [4.69, 9.17) is 4.74 Å². The zero-order chi connectivity index (χ0) is 14.7. The van der Waals surface area contributed by atoms with Crippen molar-refractivity contribution in [2.45, 2.75) is 13.8 Å². The van der Waals surface area contributed by atoms with Crippen molar-refractivity contribution >= 4 is 18.6 Å². The first-order valence-electron chi connectivity index (χ1n) is 6.27. The maximum atomic E-state index is 12.5. The Morgan fingerprint density at radius 2 is 1.75 bits per heavy atom. The predicted molar refractivity (Wildman–Crippen MR) is 80.5 cm³/mol. The predicted octanol–water partition coefficient (Wildman–Crippen LogP) is 3.61. The minimum absolute atomic E-state index is 0.356. The summed E-state index contributed by atoms with van der Waals surface area (Å²) in [6, 6.07) is 12.4. The Morgan fingerprint density at radius 1 is 1.05 bits per heavy atom. The fourth-order valence-electron chi connectivity index (χ4n) is 2.00. The third-order valence-corrected chi connectivity index (χ3v) is 4.74. The van der Waals surface area contributed by atoms with Gasteiger partial charge in [-0.15, -0.1) is 0 Å². The van der Waals surface area contributed by atoms with Crippen molar-refractivity contribution in [1.82, 2.24) is 0 Å². The minimum atomic E-state index is -2.18. The molecular weight excluding hydrogens is 271 g/mol. The van der Waals surface area contributed by atoms with Crippen LogP contribution in [-0.2, 0) is 4.57 Å². The summed E-state index contributed by atoms with van der Waals surface area (Å²) < 4.78 is 17.7. The SMILES string of the molecule is COc1ccccc1[P](=O)C(=O)c1cccc(C)c1C. The highest BCUT2D eigenvalue weighted by atomic mass is 31.1. The van der Waals surface area contributed by atoms with Gasteiger partial charge < -0.3 is 4.74 Å². The first kappa shape index (κ1) is 14.4. The van der Waals surface area contributed by atoms with E-state index >= 15 is 0 Å². The second-order valence-electron chi connectivity index (χ2n) is 4.52. The maximum Gasteiger partial charge on any atom is 0.246 e. The number of carbonyl (C=O) groups excluding carboxylic acids is 1. The lowest BCUT2D eigenvalue weighted by molar-refractivity contribution is 0.107. The van der Waals surface area contributed by atoms with Crippen LogP contribution in [0.4, 0.5) is 0 Å². The van der Waals surface area contributed by atoms with Gasteiger partial charge in [0.15, 0.2) is 7.80 Å². The number of aryl methyl sites for hydroxylation is 1. The third kappa shape index (κ3) is 2.63. The molecule has 0 aliphatic heterocycles. The number of benzene rings is 2. The lowest BCUT2D eigenvalue weighted by Gasteiger charge is -2.09. The molecule has 1 radical (unpaired) electrons. The van der Waals surface area contributed by atoms with E-state index in [0.29, 0.717) is 16.6 Å². The number of methoxy groups -OCH3 is 1. The van der Waals surface area contributed by atoms with E-state index in [9.17, 15) is 9.36 Å². The zero-order valence-electron chi connectivity index (χ0n) is 11.7. The molecule has 0 saturated carbocycles. The summed E-state index contributed by atoms with van der Waals surface area (Å²) in [6.45, 7) is 3.80. The molecule has 2 aromatic carbocycles. The Morgan fingerprint density at radius 3 is 2.45 bits per heavy atom. The maximum absolute atomic E-state index is 12.5. The lowest BCUT2D eigenvalue weighted by atomic mass is 10.0. The summed E-state index contributed by atoms with van der Waals surface area (Å²) in [5, 5.41) is 0.441. The van der Waals surface area contributed by atoms with Crippen LogP contribution in [0.1, 0.15) is 21.5 Å². The molecule has 4 heteroatoms. The van der Waals surface area contributed by atoms with Crippen LogP contribution in [0, 0.1) is 13.8 Å². The van der Waals surface area contributed by atoms with E-state index in [-0.39, 0.29) is 5.52 Å². The van der Waals surface area contributed by atoms with Crippen molar-refractivity contribution in [3.63, 3.8) is 0 Å². The molecule has 1 atom stereocenters. The average molecular weight is 287 g/mol. The molecule has 2 aromatic rings. The largest absolute Gasteiger partial charge is 0.496 e. The molecule has 1 unspecified atom stereocenters. The fraction of sp³-hybridized carbons (Fsp3) is 0.188. The number of hydrogen-bond donors (Lipinski definition) is 0. The van der Waals surface area contributed by atoms with Crippen molar-refractivity contribution in [3.8, 4) is 5.75 Å². The second kappa shape index (κ2) is 5.98. The Bertz CT molecular complexity index is 677. The van der Waals surface area contributed by atoms with Crippen molar-refractivity contribution < 1.29 is 14.1 Å². The van der Waals surface area contributed by atoms with Gasteiger partial charge in [0.05, 0.1) is 12.4 Å². The van der Waals surface area contributed by atoms with Crippen LogP contribution < -0.4 is 10.0 Å². The molecule has 0 bridgehead atoms. The molecule has 0 fully saturated rings. The van der Waals surface area contributed by atoms with Crippen molar-refractivity contribution in [3.05, 3.63) is 59.2 Å². The molecule has 0 saturated heterocycles. The molecule has 0 aliphatic rings. The molecule has 0 N–H and O–H groups in total. The average Bonchev–Trinajstić information content (AvgIpc) is 2.48. The van der Waals surface area contributed by atoms with Crippen molar-refractivity contribution in [2.24, 2.45) is 0 Å². The number of ether oxygens (including phenoxy) is 1. The van der Waals surface area contributed by atoms with Gasteiger partial charge in [0, 0.05) is 5.56 Å². The van der Waals surface area contributed by atoms with Gasteiger partial charge in [-0.3, -0.25) is 9.36 Å². The lowest BCUT2D eigenvalue weighted by Crippen LogP contribution is -2.08. The summed E-state index contributed by atoms with van der Waals surface area (Å²) >= 11 is 0. The van der Waals surface area contributed by atoms with Crippen LogP contribution >= 0.6 is 7.80 Å². The number of hydrogen-bond acceptors (Lipinski definition) is 3. The molecule has 0 aromatic heterocycles. The minimum Gasteiger partial charge on any atom is -0.496 e. The van der Waals surface area contributed by atoms with Gasteiger partial charge in [-0.1, -0.05) is 30.3 Å². The van der Waals surface area contributed by atoms with Crippen LogP contribution in [0.25, 0.3) is 0 Å². The Kier molecular flexibility index (Phi) is 4.31. The Hall–Kier alpha value is -1.99. The summed E-state index contributed by atoms with van der Waals surface area (Å²) in [6.07, 6.45) is 0. The number of carbonyl (C=O) groups is 1. The number of para-hydroxylation sites is 1. The Balaban J connectivity index is 2.43.